The molecule has 21 heavy (non-hydrogen) atoms. The molecule has 1 atom stereocenters. The molecule has 2 saturated heterocycles. The fourth-order valence-corrected chi connectivity index (χ4v) is 2.60. The number of nitrogens with one attached hydrogen (secondary N) is 3. The Hall–Kier alpha value is -2.15. The second-order valence-electron chi connectivity index (χ2n) is 5.36. The number of carbonyl (C=O) groups is 2. The Morgan fingerprint density at radius 2 is 2.29 bits per heavy atom. The van der Waals surface area contributed by atoms with Crippen molar-refractivity contribution in [1.29, 1.82) is 0 Å². The zero-order valence-electron chi connectivity index (χ0n) is 11.8. The standard InChI is InChI=1S/C14H19N5O2/c20-13-9-19(6-5-16-13)12-2-1-11(8-17-12)18-14(21)10-3-4-15-7-10/h1-2,8,10,15H,3-7,9H2,(H,16,20)(H,18,21). The van der Waals surface area contributed by atoms with Gasteiger partial charge in [-0.15, -0.1) is 0 Å². The van der Waals surface area contributed by atoms with Gasteiger partial charge in [0, 0.05) is 19.6 Å². The van der Waals surface area contributed by atoms with Gasteiger partial charge in [0.15, 0.2) is 0 Å². The topological polar surface area (TPSA) is 86.4 Å². The van der Waals surface area contributed by atoms with Crippen molar-refractivity contribution in [2.45, 2.75) is 6.42 Å². The molecule has 0 radical (unpaired) electrons. The summed E-state index contributed by atoms with van der Waals surface area (Å²) in [7, 11) is 0. The molecule has 0 spiro atoms. The van der Waals surface area contributed by atoms with E-state index in [-0.39, 0.29) is 17.7 Å². The third-order valence-corrected chi connectivity index (χ3v) is 3.81. The van der Waals surface area contributed by atoms with Gasteiger partial charge in [-0.3, -0.25) is 9.59 Å². The Balaban J connectivity index is 1.61. The first-order valence-electron chi connectivity index (χ1n) is 7.21. The van der Waals surface area contributed by atoms with E-state index < -0.39 is 0 Å². The predicted molar refractivity (Wildman–Crippen MR) is 79.1 cm³/mol. The second kappa shape index (κ2) is 6.09. The minimum atomic E-state index is 0.00848. The van der Waals surface area contributed by atoms with Crippen molar-refractivity contribution in [2.24, 2.45) is 5.92 Å². The van der Waals surface area contributed by atoms with E-state index >= 15 is 0 Å². The van der Waals surface area contributed by atoms with Gasteiger partial charge < -0.3 is 20.9 Å². The summed E-state index contributed by atoms with van der Waals surface area (Å²) < 4.78 is 0. The van der Waals surface area contributed by atoms with Crippen molar-refractivity contribution >= 4 is 23.3 Å². The molecule has 7 nitrogen and oxygen atoms in total. The number of rotatable bonds is 3. The maximum absolute atomic E-state index is 12.0. The maximum atomic E-state index is 12.0. The van der Waals surface area contributed by atoms with Crippen LogP contribution in [-0.4, -0.2) is 49.5 Å². The molecular formula is C14H19N5O2. The summed E-state index contributed by atoms with van der Waals surface area (Å²) in [4.78, 5) is 29.6. The molecule has 2 aliphatic heterocycles. The van der Waals surface area contributed by atoms with Gasteiger partial charge >= 0.3 is 0 Å². The first-order valence-corrected chi connectivity index (χ1v) is 7.21. The number of pyridine rings is 1. The lowest BCUT2D eigenvalue weighted by molar-refractivity contribution is -0.120. The van der Waals surface area contributed by atoms with Crippen LogP contribution in [-0.2, 0) is 9.59 Å². The lowest BCUT2D eigenvalue weighted by Gasteiger charge is -2.27. The lowest BCUT2D eigenvalue weighted by Crippen LogP contribution is -2.48. The van der Waals surface area contributed by atoms with Crippen LogP contribution in [0.3, 0.4) is 0 Å². The van der Waals surface area contributed by atoms with E-state index in [1.807, 2.05) is 17.0 Å². The van der Waals surface area contributed by atoms with Gasteiger partial charge in [-0.1, -0.05) is 0 Å². The molecule has 1 aromatic heterocycles. The Bertz CT molecular complexity index is 525. The number of hydrogen-bond donors (Lipinski definition) is 3. The smallest absolute Gasteiger partial charge is 0.239 e. The number of carbonyl (C=O) groups excluding carboxylic acids is 2. The van der Waals surface area contributed by atoms with Crippen molar-refractivity contribution in [3.8, 4) is 0 Å². The first kappa shape index (κ1) is 13.8. The quantitative estimate of drug-likeness (QED) is 0.703. The minimum Gasteiger partial charge on any atom is -0.353 e. The largest absolute Gasteiger partial charge is 0.353 e. The molecule has 0 aliphatic carbocycles. The number of piperazine rings is 1. The van der Waals surface area contributed by atoms with Crippen LogP contribution < -0.4 is 20.9 Å². The first-order chi connectivity index (χ1) is 10.2. The van der Waals surface area contributed by atoms with Crippen LogP contribution in [0.1, 0.15) is 6.42 Å². The number of aromatic nitrogens is 1. The van der Waals surface area contributed by atoms with E-state index in [0.29, 0.717) is 18.8 Å². The second-order valence-corrected chi connectivity index (χ2v) is 5.36. The van der Waals surface area contributed by atoms with E-state index in [4.69, 9.17) is 0 Å². The van der Waals surface area contributed by atoms with Crippen molar-refractivity contribution in [3.05, 3.63) is 18.3 Å². The highest BCUT2D eigenvalue weighted by molar-refractivity contribution is 5.92. The van der Waals surface area contributed by atoms with E-state index in [1.165, 1.54) is 0 Å². The summed E-state index contributed by atoms with van der Waals surface area (Å²) in [6, 6.07) is 3.66. The minimum absolute atomic E-state index is 0.00848. The van der Waals surface area contributed by atoms with Gasteiger partial charge in [0.2, 0.25) is 11.8 Å². The van der Waals surface area contributed by atoms with Crippen LogP contribution >= 0.6 is 0 Å². The van der Waals surface area contributed by atoms with E-state index in [2.05, 4.69) is 20.9 Å². The molecule has 7 heteroatoms. The van der Waals surface area contributed by atoms with Gasteiger partial charge in [-0.25, -0.2) is 4.98 Å². The average molecular weight is 289 g/mol. The van der Waals surface area contributed by atoms with Crippen LogP contribution in [0.4, 0.5) is 11.5 Å². The fourth-order valence-electron chi connectivity index (χ4n) is 2.60. The summed E-state index contributed by atoms with van der Waals surface area (Å²) in [5, 5.41) is 8.84. The van der Waals surface area contributed by atoms with E-state index in [9.17, 15) is 9.59 Å². The number of anilines is 2. The third kappa shape index (κ3) is 3.30. The summed E-state index contributed by atoms with van der Waals surface area (Å²) in [5.74, 6) is 0.835. The number of amides is 2. The predicted octanol–water partition coefficient (Wildman–Crippen LogP) is -0.434. The van der Waals surface area contributed by atoms with Gasteiger partial charge in [-0.2, -0.15) is 0 Å². The van der Waals surface area contributed by atoms with Gasteiger partial charge in [-0.05, 0) is 25.1 Å². The fraction of sp³-hybridized carbons (Fsp3) is 0.500. The molecule has 0 saturated carbocycles. The van der Waals surface area contributed by atoms with Crippen LogP contribution in [0.5, 0.6) is 0 Å². The molecule has 2 amide bonds. The van der Waals surface area contributed by atoms with E-state index in [0.717, 1.165) is 31.9 Å². The molecule has 3 N–H and O–H groups in total. The molecule has 2 aliphatic rings. The molecule has 0 bridgehead atoms. The third-order valence-electron chi connectivity index (χ3n) is 3.81. The zero-order chi connectivity index (χ0) is 14.7. The Morgan fingerprint density at radius 3 is 2.95 bits per heavy atom. The van der Waals surface area contributed by atoms with Crippen molar-refractivity contribution in [2.75, 3.05) is 42.9 Å². The molecule has 3 rings (SSSR count). The molecule has 2 fully saturated rings. The van der Waals surface area contributed by atoms with Gasteiger partial charge in [0.25, 0.3) is 0 Å². The summed E-state index contributed by atoms with van der Waals surface area (Å²) >= 11 is 0. The maximum Gasteiger partial charge on any atom is 0.239 e. The van der Waals surface area contributed by atoms with Crippen molar-refractivity contribution in [1.82, 2.24) is 15.6 Å². The number of hydrogen-bond acceptors (Lipinski definition) is 5. The van der Waals surface area contributed by atoms with Crippen LogP contribution in [0.25, 0.3) is 0 Å². The molecule has 3 heterocycles. The zero-order valence-corrected chi connectivity index (χ0v) is 11.8. The molecule has 1 aromatic rings. The van der Waals surface area contributed by atoms with Gasteiger partial charge in [0.1, 0.15) is 5.82 Å². The summed E-state index contributed by atoms with van der Waals surface area (Å²) in [6.45, 7) is 3.34. The SMILES string of the molecule is O=C1CN(c2ccc(NC(=O)C3CCNC3)cn2)CCN1. The Morgan fingerprint density at radius 1 is 1.38 bits per heavy atom. The van der Waals surface area contributed by atoms with Crippen LogP contribution in [0.15, 0.2) is 18.3 Å². The molecule has 1 unspecified atom stereocenters. The van der Waals surface area contributed by atoms with Crippen molar-refractivity contribution < 1.29 is 9.59 Å². The molecular weight excluding hydrogens is 270 g/mol. The highest BCUT2D eigenvalue weighted by Crippen LogP contribution is 2.16. The highest BCUT2D eigenvalue weighted by Gasteiger charge is 2.22. The Labute approximate surface area is 123 Å². The van der Waals surface area contributed by atoms with Gasteiger partial charge in [0.05, 0.1) is 24.3 Å². The monoisotopic (exact) mass is 289 g/mol. The van der Waals surface area contributed by atoms with E-state index in [1.54, 1.807) is 6.20 Å². The molecule has 112 valence electrons. The summed E-state index contributed by atoms with van der Waals surface area (Å²) in [6.07, 6.45) is 2.52. The lowest BCUT2D eigenvalue weighted by atomic mass is 10.1. The molecule has 0 aromatic carbocycles. The highest BCUT2D eigenvalue weighted by atomic mass is 16.2. The summed E-state index contributed by atoms with van der Waals surface area (Å²) in [5.41, 5.74) is 0.692. The van der Waals surface area contributed by atoms with Crippen LogP contribution in [0, 0.1) is 5.92 Å². The Kier molecular flexibility index (Phi) is 4.01. The van der Waals surface area contributed by atoms with Crippen LogP contribution in [0.2, 0.25) is 0 Å². The number of nitrogens with zero attached hydrogens (tertiary/aromatic N) is 2. The average Bonchev–Trinajstić information content (AvgIpc) is 3.02. The van der Waals surface area contributed by atoms with Crippen molar-refractivity contribution in [3.63, 3.8) is 0 Å². The normalized spacial score (nSPS) is 22.0.